The summed E-state index contributed by atoms with van der Waals surface area (Å²) in [5.41, 5.74) is 0. The van der Waals surface area contributed by atoms with Crippen molar-refractivity contribution in [2.45, 2.75) is 12.8 Å². The molecule has 0 aromatic heterocycles. The van der Waals surface area contributed by atoms with Crippen molar-refractivity contribution < 1.29 is 21.1 Å². The Morgan fingerprint density at radius 3 is 1.36 bits per heavy atom. The second-order valence-electron chi connectivity index (χ2n) is 2.01. The maximum absolute atomic E-state index is 2.99. The summed E-state index contributed by atoms with van der Waals surface area (Å²) >= 11 is 0. The quantitative estimate of drug-likeness (QED) is 0.440. The number of hydrogen-bond donors (Lipinski definition) is 0. The fourth-order valence-electron chi connectivity index (χ4n) is 0.680. The third-order valence-corrected chi connectivity index (χ3v) is 1.17. The summed E-state index contributed by atoms with van der Waals surface area (Å²) in [5, 5.41) is 0. The summed E-state index contributed by atoms with van der Waals surface area (Å²) in [5.74, 6) is 0. The zero-order valence-electron chi connectivity index (χ0n) is 6.38. The summed E-state index contributed by atoms with van der Waals surface area (Å²) in [6.45, 7) is 0. The van der Waals surface area contributed by atoms with E-state index in [1.165, 1.54) is 0 Å². The van der Waals surface area contributed by atoms with Gasteiger partial charge in [-0.25, -0.2) is 24.3 Å². The van der Waals surface area contributed by atoms with Gasteiger partial charge in [0.2, 0.25) is 0 Å². The van der Waals surface area contributed by atoms with Crippen LogP contribution in [0.2, 0.25) is 0 Å². The van der Waals surface area contributed by atoms with E-state index in [1.807, 2.05) is 24.3 Å². The van der Waals surface area contributed by atoms with E-state index in [9.17, 15) is 0 Å². The Balaban J connectivity index is 0.000000167. The molecule has 0 aromatic rings. The molecule has 0 saturated carbocycles. The molecule has 11 heavy (non-hydrogen) atoms. The Morgan fingerprint density at radius 2 is 1.27 bits per heavy atom. The molecule has 0 spiro atoms. The molecular formula is C10H12Mo-2. The van der Waals surface area contributed by atoms with Gasteiger partial charge in [-0.3, -0.25) is 12.2 Å². The second-order valence-corrected chi connectivity index (χ2v) is 2.01. The monoisotopic (exact) mass is 230 g/mol. The zero-order chi connectivity index (χ0) is 7.07. The predicted octanol–water partition coefficient (Wildman–Crippen LogP) is 2.07. The molecule has 0 saturated heterocycles. The van der Waals surface area contributed by atoms with Gasteiger partial charge in [0.25, 0.3) is 0 Å². The Bertz CT molecular complexity index is 143. The van der Waals surface area contributed by atoms with Crippen molar-refractivity contribution in [1.82, 2.24) is 0 Å². The third-order valence-electron chi connectivity index (χ3n) is 1.17. The van der Waals surface area contributed by atoms with Gasteiger partial charge in [-0.05, 0) is 0 Å². The summed E-state index contributed by atoms with van der Waals surface area (Å²) in [6.07, 6.45) is 20.0. The van der Waals surface area contributed by atoms with Crippen LogP contribution in [0.4, 0.5) is 0 Å². The van der Waals surface area contributed by atoms with Crippen molar-refractivity contribution >= 4 is 0 Å². The molecule has 0 bridgehead atoms. The van der Waals surface area contributed by atoms with E-state index in [0.29, 0.717) is 0 Å². The minimum atomic E-state index is 0. The van der Waals surface area contributed by atoms with Gasteiger partial charge < -0.3 is 0 Å². The number of rotatable bonds is 0. The summed E-state index contributed by atoms with van der Waals surface area (Å²) in [4.78, 5) is 0. The van der Waals surface area contributed by atoms with Gasteiger partial charge in [0.1, 0.15) is 0 Å². The third kappa shape index (κ3) is 6.06. The van der Waals surface area contributed by atoms with Crippen LogP contribution in [-0.2, 0) is 21.1 Å². The van der Waals surface area contributed by atoms with Gasteiger partial charge in [-0.2, -0.15) is 12.2 Å². The van der Waals surface area contributed by atoms with Crippen LogP contribution in [-0.4, -0.2) is 0 Å². The van der Waals surface area contributed by atoms with E-state index in [1.54, 1.807) is 0 Å². The SMILES string of the molecule is [C-]1=CC=CC1.[C-]1=CC=CC1.[MoH2]. The minimum absolute atomic E-state index is 0. The summed E-state index contributed by atoms with van der Waals surface area (Å²) in [6, 6.07) is 0. The first-order chi connectivity index (χ1) is 5.00. The van der Waals surface area contributed by atoms with E-state index in [2.05, 4.69) is 24.3 Å². The van der Waals surface area contributed by atoms with Crippen LogP contribution < -0.4 is 0 Å². The Morgan fingerprint density at radius 1 is 0.818 bits per heavy atom. The molecule has 0 N–H and O–H groups in total. The molecule has 0 fully saturated rings. The average Bonchev–Trinajstić information content (AvgIpc) is 2.67. The molecule has 2 aliphatic carbocycles. The molecule has 60 valence electrons. The first-order valence-corrected chi connectivity index (χ1v) is 3.43. The van der Waals surface area contributed by atoms with Crippen molar-refractivity contribution in [3.05, 3.63) is 48.6 Å². The first-order valence-electron chi connectivity index (χ1n) is 3.43. The van der Waals surface area contributed by atoms with Gasteiger partial charge in [0.15, 0.2) is 0 Å². The van der Waals surface area contributed by atoms with E-state index in [0.717, 1.165) is 12.8 Å². The molecular weight excluding hydrogens is 216 g/mol. The molecule has 0 aromatic carbocycles. The summed E-state index contributed by atoms with van der Waals surface area (Å²) < 4.78 is 0. The average molecular weight is 228 g/mol. The van der Waals surface area contributed by atoms with Crippen molar-refractivity contribution in [3.63, 3.8) is 0 Å². The Kier molecular flexibility index (Phi) is 7.50. The Hall–Kier alpha value is -0.352. The van der Waals surface area contributed by atoms with Gasteiger partial charge >= 0.3 is 21.1 Å². The van der Waals surface area contributed by atoms with Crippen molar-refractivity contribution in [2.24, 2.45) is 0 Å². The molecule has 2 rings (SSSR count). The van der Waals surface area contributed by atoms with E-state index < -0.39 is 0 Å². The molecule has 0 aliphatic heterocycles. The van der Waals surface area contributed by atoms with E-state index in [4.69, 9.17) is 0 Å². The Labute approximate surface area is 82.6 Å². The van der Waals surface area contributed by atoms with Crippen LogP contribution in [0, 0.1) is 12.2 Å². The standard InChI is InChI=1S/2C5H5.Mo.2H/c2*1-2-4-5-3-1;;;/h2*1-3H,4H2;;;/q2*-1;;;. The molecule has 0 heterocycles. The van der Waals surface area contributed by atoms with E-state index in [-0.39, 0.29) is 21.1 Å². The van der Waals surface area contributed by atoms with Gasteiger partial charge in [-0.15, -0.1) is 12.8 Å². The van der Waals surface area contributed by atoms with Crippen LogP contribution in [0.3, 0.4) is 0 Å². The molecule has 0 radical (unpaired) electrons. The van der Waals surface area contributed by atoms with Crippen LogP contribution in [0.25, 0.3) is 0 Å². The van der Waals surface area contributed by atoms with Crippen molar-refractivity contribution in [2.75, 3.05) is 0 Å². The van der Waals surface area contributed by atoms with Gasteiger partial charge in [-0.1, -0.05) is 0 Å². The van der Waals surface area contributed by atoms with E-state index >= 15 is 0 Å². The fraction of sp³-hybridized carbons (Fsp3) is 0.200. The van der Waals surface area contributed by atoms with Crippen molar-refractivity contribution in [1.29, 1.82) is 0 Å². The topological polar surface area (TPSA) is 0 Å². The van der Waals surface area contributed by atoms with Crippen LogP contribution in [0.5, 0.6) is 0 Å². The number of hydrogen-bond acceptors (Lipinski definition) is 0. The van der Waals surface area contributed by atoms with Crippen LogP contribution in [0.15, 0.2) is 36.5 Å². The number of allylic oxidation sites excluding steroid dienone is 8. The van der Waals surface area contributed by atoms with Crippen molar-refractivity contribution in [3.8, 4) is 0 Å². The normalized spacial score (nSPS) is 16.0. The summed E-state index contributed by atoms with van der Waals surface area (Å²) in [7, 11) is 0. The fourth-order valence-corrected chi connectivity index (χ4v) is 0.680. The maximum atomic E-state index is 2.99. The first kappa shape index (κ1) is 10.6. The molecule has 2 aliphatic rings. The molecule has 0 atom stereocenters. The van der Waals surface area contributed by atoms with Crippen LogP contribution >= 0.6 is 0 Å². The second kappa shape index (κ2) is 7.75. The molecule has 0 amide bonds. The predicted molar refractivity (Wildman–Crippen MR) is 45.9 cm³/mol. The van der Waals surface area contributed by atoms with Crippen LogP contribution in [0.1, 0.15) is 12.8 Å². The molecule has 1 heteroatoms. The van der Waals surface area contributed by atoms with Gasteiger partial charge in [0, 0.05) is 0 Å². The zero-order valence-corrected chi connectivity index (χ0v) is 8.84. The molecule has 0 unspecified atom stereocenters. The van der Waals surface area contributed by atoms with Gasteiger partial charge in [0.05, 0.1) is 0 Å². The molecule has 0 nitrogen and oxygen atoms in total.